The minimum atomic E-state index is -1.19. The van der Waals surface area contributed by atoms with Gasteiger partial charge in [-0.15, -0.1) is 0 Å². The van der Waals surface area contributed by atoms with Gasteiger partial charge < -0.3 is 20.1 Å². The standard InChI is InChI=1S/C10H16O5/c1-6-4-7(11)2-3-8(12)9(13)5-10(14)15-6/h2-3,6-9,11-13H,4-5H2,1H3/b3-2+/t6-,7-,8+,9-/m0/s1. The Labute approximate surface area is 88.0 Å². The van der Waals surface area contributed by atoms with Gasteiger partial charge in [0.05, 0.1) is 24.7 Å². The van der Waals surface area contributed by atoms with E-state index in [1.54, 1.807) is 6.92 Å². The summed E-state index contributed by atoms with van der Waals surface area (Å²) in [7, 11) is 0. The molecule has 0 saturated carbocycles. The highest BCUT2D eigenvalue weighted by Crippen LogP contribution is 2.11. The Hall–Kier alpha value is -0.910. The molecule has 0 spiro atoms. The van der Waals surface area contributed by atoms with Gasteiger partial charge in [0, 0.05) is 6.42 Å². The van der Waals surface area contributed by atoms with Crippen LogP contribution in [0.2, 0.25) is 0 Å². The predicted octanol–water partition coefficient (Wildman–Crippen LogP) is -0.649. The lowest BCUT2D eigenvalue weighted by Gasteiger charge is -2.20. The van der Waals surface area contributed by atoms with Gasteiger partial charge in [0.15, 0.2) is 0 Å². The number of hydrogen-bond donors (Lipinski definition) is 3. The maximum absolute atomic E-state index is 11.2. The molecule has 0 aliphatic carbocycles. The van der Waals surface area contributed by atoms with Crippen molar-refractivity contribution in [2.24, 2.45) is 0 Å². The van der Waals surface area contributed by atoms with Crippen LogP contribution in [0.4, 0.5) is 0 Å². The molecule has 0 bridgehead atoms. The summed E-state index contributed by atoms with van der Waals surface area (Å²) in [5.74, 6) is -0.573. The van der Waals surface area contributed by atoms with Gasteiger partial charge in [0.2, 0.25) is 0 Å². The molecule has 86 valence electrons. The Bertz CT molecular complexity index is 250. The fourth-order valence-electron chi connectivity index (χ4n) is 1.40. The molecular weight excluding hydrogens is 200 g/mol. The summed E-state index contributed by atoms with van der Waals surface area (Å²) in [6.07, 6.45) is -0.805. The van der Waals surface area contributed by atoms with Crippen LogP contribution in [0.5, 0.6) is 0 Å². The highest BCUT2D eigenvalue weighted by molar-refractivity contribution is 5.70. The lowest BCUT2D eigenvalue weighted by Crippen LogP contribution is -2.31. The second kappa shape index (κ2) is 5.25. The van der Waals surface area contributed by atoms with Crippen LogP contribution >= 0.6 is 0 Å². The molecule has 0 amide bonds. The second-order valence-electron chi connectivity index (χ2n) is 3.75. The van der Waals surface area contributed by atoms with Crippen LogP contribution in [0.15, 0.2) is 12.2 Å². The van der Waals surface area contributed by atoms with Crippen LogP contribution in [0.1, 0.15) is 19.8 Å². The monoisotopic (exact) mass is 216 g/mol. The van der Waals surface area contributed by atoms with Crippen molar-refractivity contribution in [3.8, 4) is 0 Å². The molecule has 0 aromatic rings. The van der Waals surface area contributed by atoms with Gasteiger partial charge in [0.1, 0.15) is 6.10 Å². The summed E-state index contributed by atoms with van der Waals surface area (Å²) in [5, 5.41) is 28.1. The van der Waals surface area contributed by atoms with E-state index < -0.39 is 30.4 Å². The molecule has 0 unspecified atom stereocenters. The van der Waals surface area contributed by atoms with Crippen LogP contribution < -0.4 is 0 Å². The highest BCUT2D eigenvalue weighted by atomic mass is 16.5. The molecule has 1 aliphatic heterocycles. The number of cyclic esters (lactones) is 1. The zero-order valence-electron chi connectivity index (χ0n) is 8.54. The van der Waals surface area contributed by atoms with E-state index in [0.717, 1.165) is 0 Å². The van der Waals surface area contributed by atoms with Crippen molar-refractivity contribution in [3.05, 3.63) is 12.2 Å². The number of ether oxygens (including phenoxy) is 1. The Kier molecular flexibility index (Phi) is 4.26. The van der Waals surface area contributed by atoms with Crippen molar-refractivity contribution in [1.29, 1.82) is 0 Å². The van der Waals surface area contributed by atoms with Crippen LogP contribution in [0, 0.1) is 0 Å². The molecule has 15 heavy (non-hydrogen) atoms. The zero-order valence-corrected chi connectivity index (χ0v) is 8.54. The number of carbonyl (C=O) groups is 1. The van der Waals surface area contributed by atoms with Gasteiger partial charge in [-0.1, -0.05) is 12.2 Å². The maximum Gasteiger partial charge on any atom is 0.308 e. The lowest BCUT2D eigenvalue weighted by atomic mass is 10.1. The molecule has 1 rings (SSSR count). The second-order valence-corrected chi connectivity index (χ2v) is 3.75. The summed E-state index contributed by atoms with van der Waals surface area (Å²) < 4.78 is 4.91. The first kappa shape index (κ1) is 12.2. The fraction of sp³-hybridized carbons (Fsp3) is 0.700. The summed E-state index contributed by atoms with van der Waals surface area (Å²) >= 11 is 0. The molecule has 1 heterocycles. The summed E-state index contributed by atoms with van der Waals surface area (Å²) in [6, 6.07) is 0. The van der Waals surface area contributed by atoms with Gasteiger partial charge in [-0.05, 0) is 6.92 Å². The normalized spacial score (nSPS) is 40.7. The minimum absolute atomic E-state index is 0.244. The Morgan fingerprint density at radius 2 is 2.00 bits per heavy atom. The van der Waals surface area contributed by atoms with E-state index in [1.807, 2.05) is 0 Å². The van der Waals surface area contributed by atoms with E-state index in [4.69, 9.17) is 4.74 Å². The zero-order chi connectivity index (χ0) is 11.4. The van der Waals surface area contributed by atoms with E-state index in [9.17, 15) is 20.1 Å². The van der Waals surface area contributed by atoms with Gasteiger partial charge >= 0.3 is 5.97 Å². The SMILES string of the molecule is C[C@H]1C[C@@H](O)/C=C/[C@@H](O)[C@@H](O)CC(=O)O1. The first-order chi connectivity index (χ1) is 6.99. The van der Waals surface area contributed by atoms with Crippen LogP contribution in [-0.2, 0) is 9.53 Å². The number of hydrogen-bond acceptors (Lipinski definition) is 5. The van der Waals surface area contributed by atoms with Crippen LogP contribution in [0.25, 0.3) is 0 Å². The van der Waals surface area contributed by atoms with E-state index in [-0.39, 0.29) is 12.8 Å². The highest BCUT2D eigenvalue weighted by Gasteiger charge is 2.22. The molecule has 0 aromatic heterocycles. The molecule has 0 radical (unpaired) electrons. The Balaban J connectivity index is 2.72. The number of aliphatic hydroxyl groups is 3. The topological polar surface area (TPSA) is 87.0 Å². The van der Waals surface area contributed by atoms with Crippen molar-refractivity contribution >= 4 is 5.97 Å². The molecular formula is C10H16O5. The Morgan fingerprint density at radius 3 is 2.67 bits per heavy atom. The first-order valence-corrected chi connectivity index (χ1v) is 4.91. The maximum atomic E-state index is 11.2. The predicted molar refractivity (Wildman–Crippen MR) is 51.9 cm³/mol. The summed E-state index contributed by atoms with van der Waals surface area (Å²) in [4.78, 5) is 11.2. The average Bonchev–Trinajstić information content (AvgIpc) is 2.12. The van der Waals surface area contributed by atoms with Crippen LogP contribution in [0.3, 0.4) is 0 Å². The molecule has 5 heteroatoms. The summed E-state index contributed by atoms with van der Waals surface area (Å²) in [5.41, 5.74) is 0. The van der Waals surface area contributed by atoms with Gasteiger partial charge in [0.25, 0.3) is 0 Å². The van der Waals surface area contributed by atoms with E-state index >= 15 is 0 Å². The number of rotatable bonds is 0. The largest absolute Gasteiger partial charge is 0.462 e. The Morgan fingerprint density at radius 1 is 1.33 bits per heavy atom. The lowest BCUT2D eigenvalue weighted by molar-refractivity contribution is -0.152. The van der Waals surface area contributed by atoms with Gasteiger partial charge in [-0.2, -0.15) is 0 Å². The van der Waals surface area contributed by atoms with Crippen molar-refractivity contribution in [1.82, 2.24) is 0 Å². The fourth-order valence-corrected chi connectivity index (χ4v) is 1.40. The van der Waals surface area contributed by atoms with Gasteiger partial charge in [-0.25, -0.2) is 0 Å². The molecule has 4 atom stereocenters. The third-order valence-electron chi connectivity index (χ3n) is 2.21. The minimum Gasteiger partial charge on any atom is -0.462 e. The van der Waals surface area contributed by atoms with Crippen molar-refractivity contribution in [2.75, 3.05) is 0 Å². The number of carbonyl (C=O) groups excluding carboxylic acids is 1. The third-order valence-corrected chi connectivity index (χ3v) is 2.21. The molecule has 0 fully saturated rings. The number of esters is 1. The van der Waals surface area contributed by atoms with E-state index in [0.29, 0.717) is 0 Å². The third kappa shape index (κ3) is 3.99. The van der Waals surface area contributed by atoms with Crippen molar-refractivity contribution < 1.29 is 24.9 Å². The van der Waals surface area contributed by atoms with Crippen molar-refractivity contribution in [2.45, 2.75) is 44.2 Å². The van der Waals surface area contributed by atoms with E-state index in [1.165, 1.54) is 12.2 Å². The molecule has 1 aliphatic rings. The molecule has 5 nitrogen and oxygen atoms in total. The van der Waals surface area contributed by atoms with Crippen LogP contribution in [-0.4, -0.2) is 45.7 Å². The first-order valence-electron chi connectivity index (χ1n) is 4.91. The van der Waals surface area contributed by atoms with Crippen molar-refractivity contribution in [3.63, 3.8) is 0 Å². The summed E-state index contributed by atoms with van der Waals surface area (Å²) in [6.45, 7) is 1.67. The average molecular weight is 216 g/mol. The molecule has 3 N–H and O–H groups in total. The van der Waals surface area contributed by atoms with E-state index in [2.05, 4.69) is 0 Å². The molecule has 0 saturated heterocycles. The van der Waals surface area contributed by atoms with Gasteiger partial charge in [-0.3, -0.25) is 4.79 Å². The molecule has 0 aromatic carbocycles. The smallest absolute Gasteiger partial charge is 0.308 e. The number of aliphatic hydroxyl groups excluding tert-OH is 3. The quantitative estimate of drug-likeness (QED) is 0.370.